The average molecular weight is 407 g/mol. The second kappa shape index (κ2) is 11.6. The van der Waals surface area contributed by atoms with Crippen LogP contribution in [0.1, 0.15) is 44.9 Å². The lowest BCUT2D eigenvalue weighted by Crippen LogP contribution is -2.43. The maximum absolute atomic E-state index is 12.0. The Hall–Kier alpha value is -2.22. The first-order chi connectivity index (χ1) is 13.4. The fourth-order valence-electron chi connectivity index (χ4n) is 2.96. The van der Waals surface area contributed by atoms with Crippen molar-refractivity contribution in [2.75, 3.05) is 26.0 Å². The molecule has 1 aliphatic carbocycles. The van der Waals surface area contributed by atoms with Gasteiger partial charge in [0.15, 0.2) is 0 Å². The fraction of sp³-hybridized carbons (Fsp3) is 0.550. The topological polar surface area (TPSA) is 90.5 Å². The number of nitrogens with one attached hydrogen (secondary N) is 3. The minimum Gasteiger partial charge on any atom is -0.339 e. The van der Waals surface area contributed by atoms with E-state index < -0.39 is 0 Å². The summed E-state index contributed by atoms with van der Waals surface area (Å²) in [6.45, 7) is 0.466. The van der Waals surface area contributed by atoms with Crippen LogP contribution in [-0.4, -0.2) is 48.8 Å². The highest BCUT2D eigenvalue weighted by atomic mass is 32.2. The van der Waals surface area contributed by atoms with E-state index in [1.165, 1.54) is 24.2 Å². The fourth-order valence-corrected chi connectivity index (χ4v) is 3.61. The molecule has 1 aromatic carbocycles. The van der Waals surface area contributed by atoms with E-state index in [1.807, 2.05) is 0 Å². The molecule has 0 radical (unpaired) electrons. The van der Waals surface area contributed by atoms with Gasteiger partial charge in [0.1, 0.15) is 0 Å². The van der Waals surface area contributed by atoms with Crippen molar-refractivity contribution in [3.8, 4) is 0 Å². The van der Waals surface area contributed by atoms with Gasteiger partial charge in [-0.1, -0.05) is 19.3 Å². The number of hydrogen-bond acceptors (Lipinski definition) is 4. The third-order valence-corrected chi connectivity index (χ3v) is 5.56. The molecule has 8 heteroatoms. The Labute approximate surface area is 171 Å². The lowest BCUT2D eigenvalue weighted by Gasteiger charge is -2.22. The summed E-state index contributed by atoms with van der Waals surface area (Å²) in [5.74, 6) is -0.0979. The van der Waals surface area contributed by atoms with E-state index in [2.05, 4.69) is 16.0 Å². The first kappa shape index (κ1) is 22.1. The van der Waals surface area contributed by atoms with Crippen LogP contribution in [0, 0.1) is 0 Å². The van der Waals surface area contributed by atoms with Crippen LogP contribution in [0.3, 0.4) is 0 Å². The normalized spacial score (nSPS) is 14.2. The van der Waals surface area contributed by atoms with Crippen LogP contribution >= 0.6 is 11.8 Å². The summed E-state index contributed by atoms with van der Waals surface area (Å²) in [6.07, 6.45) is 6.62. The van der Waals surface area contributed by atoms with Gasteiger partial charge in [0.2, 0.25) is 5.91 Å². The van der Waals surface area contributed by atoms with E-state index in [1.54, 1.807) is 38.4 Å². The Morgan fingerprint density at radius 2 is 1.75 bits per heavy atom. The van der Waals surface area contributed by atoms with Crippen LogP contribution in [0.2, 0.25) is 0 Å². The van der Waals surface area contributed by atoms with Gasteiger partial charge in [-0.25, -0.2) is 4.79 Å². The van der Waals surface area contributed by atoms with E-state index in [0.29, 0.717) is 25.1 Å². The van der Waals surface area contributed by atoms with Gasteiger partial charge in [-0.15, -0.1) is 0 Å². The SMILES string of the molecule is CN(C)C(=O)Sc1ccc(NC(=O)CCCNC(=O)NC2CCCCC2)cc1. The number of benzene rings is 1. The maximum atomic E-state index is 12.0. The Morgan fingerprint density at radius 3 is 2.39 bits per heavy atom. The molecule has 1 aliphatic rings. The van der Waals surface area contributed by atoms with Gasteiger partial charge in [0.05, 0.1) is 0 Å². The van der Waals surface area contributed by atoms with Crippen molar-refractivity contribution in [1.82, 2.24) is 15.5 Å². The number of carbonyl (C=O) groups excluding carboxylic acids is 3. The quantitative estimate of drug-likeness (QED) is 0.474. The molecule has 1 fully saturated rings. The van der Waals surface area contributed by atoms with Gasteiger partial charge in [-0.05, 0) is 55.3 Å². The van der Waals surface area contributed by atoms with E-state index >= 15 is 0 Å². The molecule has 3 N–H and O–H groups in total. The number of anilines is 1. The molecule has 0 spiro atoms. The van der Waals surface area contributed by atoms with Crippen LogP contribution in [-0.2, 0) is 4.79 Å². The maximum Gasteiger partial charge on any atom is 0.315 e. The monoisotopic (exact) mass is 406 g/mol. The Bertz CT molecular complexity index is 658. The van der Waals surface area contributed by atoms with Crippen molar-refractivity contribution < 1.29 is 14.4 Å². The van der Waals surface area contributed by atoms with Gasteiger partial charge in [0.25, 0.3) is 5.24 Å². The molecule has 7 nitrogen and oxygen atoms in total. The summed E-state index contributed by atoms with van der Waals surface area (Å²) >= 11 is 1.14. The van der Waals surface area contributed by atoms with Crippen LogP contribution in [0.25, 0.3) is 0 Å². The van der Waals surface area contributed by atoms with E-state index in [4.69, 9.17) is 0 Å². The third-order valence-electron chi connectivity index (χ3n) is 4.51. The average Bonchev–Trinajstić information content (AvgIpc) is 2.67. The molecular weight excluding hydrogens is 376 g/mol. The smallest absolute Gasteiger partial charge is 0.315 e. The predicted octanol–water partition coefficient (Wildman–Crippen LogP) is 3.81. The molecule has 1 aromatic rings. The van der Waals surface area contributed by atoms with Crippen molar-refractivity contribution in [3.05, 3.63) is 24.3 Å². The minimum absolute atomic E-state index is 0.0446. The lowest BCUT2D eigenvalue weighted by atomic mass is 9.96. The van der Waals surface area contributed by atoms with Gasteiger partial charge < -0.3 is 20.9 Å². The summed E-state index contributed by atoms with van der Waals surface area (Å²) in [4.78, 5) is 37.9. The molecule has 0 saturated heterocycles. The van der Waals surface area contributed by atoms with Crippen LogP contribution < -0.4 is 16.0 Å². The molecule has 0 bridgehead atoms. The highest BCUT2D eigenvalue weighted by molar-refractivity contribution is 8.13. The largest absolute Gasteiger partial charge is 0.339 e. The molecule has 0 aliphatic heterocycles. The zero-order chi connectivity index (χ0) is 20.4. The van der Waals surface area contributed by atoms with Crippen LogP contribution in [0.15, 0.2) is 29.2 Å². The summed E-state index contributed by atoms with van der Waals surface area (Å²) < 4.78 is 0. The molecule has 0 unspecified atom stereocenters. The summed E-state index contributed by atoms with van der Waals surface area (Å²) in [5.41, 5.74) is 0.689. The van der Waals surface area contributed by atoms with Crippen LogP contribution in [0.5, 0.6) is 0 Å². The van der Waals surface area contributed by atoms with E-state index in [-0.39, 0.29) is 23.2 Å². The Kier molecular flexibility index (Phi) is 9.13. The molecule has 154 valence electrons. The van der Waals surface area contributed by atoms with Crippen molar-refractivity contribution in [1.29, 1.82) is 0 Å². The van der Waals surface area contributed by atoms with Crippen LogP contribution in [0.4, 0.5) is 15.3 Å². The summed E-state index contributed by atoms with van der Waals surface area (Å²) in [7, 11) is 3.41. The van der Waals surface area contributed by atoms with Crippen molar-refractivity contribution in [3.63, 3.8) is 0 Å². The highest BCUT2D eigenvalue weighted by Crippen LogP contribution is 2.22. The zero-order valence-electron chi connectivity index (χ0n) is 16.6. The second-order valence-corrected chi connectivity index (χ2v) is 8.20. The predicted molar refractivity (Wildman–Crippen MR) is 113 cm³/mol. The molecule has 0 heterocycles. The number of urea groups is 1. The summed E-state index contributed by atoms with van der Waals surface area (Å²) in [5, 5.41) is 8.59. The van der Waals surface area contributed by atoms with E-state index in [9.17, 15) is 14.4 Å². The second-order valence-electron chi connectivity index (χ2n) is 7.17. The van der Waals surface area contributed by atoms with Gasteiger partial charge in [0, 0.05) is 43.7 Å². The Balaban J connectivity index is 1.61. The minimum atomic E-state index is -0.146. The number of hydrogen-bond donors (Lipinski definition) is 3. The zero-order valence-corrected chi connectivity index (χ0v) is 17.4. The number of amides is 4. The molecule has 0 atom stereocenters. The number of rotatable bonds is 7. The molecular formula is C20H30N4O3S. The first-order valence-corrected chi connectivity index (χ1v) is 10.6. The molecule has 1 saturated carbocycles. The number of carbonyl (C=O) groups is 3. The third kappa shape index (κ3) is 8.21. The Morgan fingerprint density at radius 1 is 1.07 bits per heavy atom. The first-order valence-electron chi connectivity index (χ1n) is 9.77. The standard InChI is InChI=1S/C20H30N4O3S/c1-24(2)20(27)28-17-12-10-16(11-13-17)22-18(25)9-6-14-21-19(26)23-15-7-4-3-5-8-15/h10-13,15H,3-9,14H2,1-2H3,(H,22,25)(H2,21,23,26). The van der Waals surface area contributed by atoms with Gasteiger partial charge in [-0.2, -0.15) is 0 Å². The van der Waals surface area contributed by atoms with Gasteiger partial charge in [-0.3, -0.25) is 9.59 Å². The van der Waals surface area contributed by atoms with Crippen molar-refractivity contribution in [2.45, 2.75) is 55.9 Å². The number of nitrogens with zero attached hydrogens (tertiary/aromatic N) is 1. The van der Waals surface area contributed by atoms with Crippen molar-refractivity contribution in [2.24, 2.45) is 0 Å². The highest BCUT2D eigenvalue weighted by Gasteiger charge is 2.15. The summed E-state index contributed by atoms with van der Waals surface area (Å²) in [6, 6.07) is 7.30. The number of thioether (sulfide) groups is 1. The molecule has 2 rings (SSSR count). The molecule has 4 amide bonds. The lowest BCUT2D eigenvalue weighted by molar-refractivity contribution is -0.116. The van der Waals surface area contributed by atoms with E-state index in [0.717, 1.165) is 29.5 Å². The molecule has 0 aromatic heterocycles. The van der Waals surface area contributed by atoms with Gasteiger partial charge >= 0.3 is 6.03 Å². The van der Waals surface area contributed by atoms with Crippen molar-refractivity contribution >= 4 is 34.6 Å². The molecule has 28 heavy (non-hydrogen) atoms.